The quantitative estimate of drug-likeness (QED) is 0.521. The number of ether oxygens (including phenoxy) is 1. The molecule has 0 fully saturated rings. The van der Waals surface area contributed by atoms with Crippen molar-refractivity contribution < 1.29 is 17.9 Å². The molecule has 0 atom stereocenters. The molecule has 0 aliphatic rings. The molecule has 0 amide bonds. The summed E-state index contributed by atoms with van der Waals surface area (Å²) in [6.07, 6.45) is -1.49. The van der Waals surface area contributed by atoms with Gasteiger partial charge in [-0.25, -0.2) is 9.98 Å². The molecule has 1 aromatic heterocycles. The highest BCUT2D eigenvalue weighted by molar-refractivity contribution is 7.11. The van der Waals surface area contributed by atoms with Crippen molar-refractivity contribution in [3.63, 3.8) is 0 Å². The number of rotatable bonds is 8. The number of nitrogens with one attached hydrogen (secondary N) is 2. The van der Waals surface area contributed by atoms with Crippen molar-refractivity contribution in [2.24, 2.45) is 4.99 Å². The molecular formula is C18H23F3N4OS. The second-order valence-electron chi connectivity index (χ2n) is 5.67. The van der Waals surface area contributed by atoms with E-state index in [1.165, 1.54) is 17.0 Å². The van der Waals surface area contributed by atoms with Gasteiger partial charge in [-0.2, -0.15) is 13.2 Å². The van der Waals surface area contributed by atoms with Crippen LogP contribution in [-0.4, -0.2) is 30.3 Å². The Morgan fingerprint density at radius 3 is 2.52 bits per heavy atom. The SMILES string of the molecule is CCNC(=NCc1ccc(OCC(F)(F)F)cc1)NCc1ncc(CC)s1. The van der Waals surface area contributed by atoms with Crippen LogP contribution in [-0.2, 0) is 19.5 Å². The molecule has 27 heavy (non-hydrogen) atoms. The Morgan fingerprint density at radius 1 is 1.19 bits per heavy atom. The summed E-state index contributed by atoms with van der Waals surface area (Å²) in [6.45, 7) is 4.47. The lowest BCUT2D eigenvalue weighted by Gasteiger charge is -2.11. The predicted molar refractivity (Wildman–Crippen MR) is 101 cm³/mol. The van der Waals surface area contributed by atoms with Gasteiger partial charge in [-0.15, -0.1) is 11.3 Å². The zero-order valence-corrected chi connectivity index (χ0v) is 16.1. The zero-order valence-electron chi connectivity index (χ0n) is 15.3. The van der Waals surface area contributed by atoms with Gasteiger partial charge in [-0.3, -0.25) is 0 Å². The molecule has 2 N–H and O–H groups in total. The highest BCUT2D eigenvalue weighted by atomic mass is 32.1. The molecule has 2 rings (SSSR count). The Labute approximate surface area is 160 Å². The molecule has 0 aliphatic carbocycles. The van der Waals surface area contributed by atoms with E-state index in [1.807, 2.05) is 13.1 Å². The third-order valence-electron chi connectivity index (χ3n) is 3.45. The minimum atomic E-state index is -4.34. The highest BCUT2D eigenvalue weighted by Gasteiger charge is 2.28. The molecule has 2 aromatic rings. The Balaban J connectivity index is 1.89. The summed E-state index contributed by atoms with van der Waals surface area (Å²) in [7, 11) is 0. The summed E-state index contributed by atoms with van der Waals surface area (Å²) in [6, 6.07) is 6.43. The van der Waals surface area contributed by atoms with Crippen molar-refractivity contribution in [1.82, 2.24) is 15.6 Å². The minimum absolute atomic E-state index is 0.181. The van der Waals surface area contributed by atoms with Crippen molar-refractivity contribution >= 4 is 17.3 Å². The Morgan fingerprint density at radius 2 is 1.93 bits per heavy atom. The first-order valence-corrected chi connectivity index (χ1v) is 9.45. The van der Waals surface area contributed by atoms with Gasteiger partial charge >= 0.3 is 6.18 Å². The fourth-order valence-corrected chi connectivity index (χ4v) is 2.92. The van der Waals surface area contributed by atoms with Crippen molar-refractivity contribution in [3.05, 3.63) is 45.9 Å². The number of nitrogens with zero attached hydrogens (tertiary/aromatic N) is 2. The molecule has 148 valence electrons. The first-order valence-electron chi connectivity index (χ1n) is 8.64. The summed E-state index contributed by atoms with van der Waals surface area (Å²) in [5.41, 5.74) is 0.870. The summed E-state index contributed by atoms with van der Waals surface area (Å²) < 4.78 is 41.2. The Bertz CT molecular complexity index is 729. The van der Waals surface area contributed by atoms with Crippen LogP contribution in [0.25, 0.3) is 0 Å². The molecule has 5 nitrogen and oxygen atoms in total. The van der Waals surface area contributed by atoms with E-state index in [4.69, 9.17) is 4.74 Å². The van der Waals surface area contributed by atoms with Crippen LogP contribution in [0.5, 0.6) is 5.75 Å². The fraction of sp³-hybridized carbons (Fsp3) is 0.444. The number of alkyl halides is 3. The van der Waals surface area contributed by atoms with Gasteiger partial charge in [-0.05, 0) is 31.0 Å². The molecule has 1 heterocycles. The Hall–Kier alpha value is -2.29. The van der Waals surface area contributed by atoms with Crippen LogP contribution in [0, 0.1) is 0 Å². The minimum Gasteiger partial charge on any atom is -0.484 e. The van der Waals surface area contributed by atoms with E-state index in [1.54, 1.807) is 23.5 Å². The number of thiazole rings is 1. The van der Waals surface area contributed by atoms with Gasteiger partial charge in [0.05, 0.1) is 13.1 Å². The van der Waals surface area contributed by atoms with Crippen molar-refractivity contribution in [2.45, 2.75) is 39.5 Å². The zero-order chi connectivity index (χ0) is 19.7. The van der Waals surface area contributed by atoms with E-state index in [0.29, 0.717) is 25.6 Å². The number of aromatic nitrogens is 1. The van der Waals surface area contributed by atoms with Crippen LogP contribution in [0.4, 0.5) is 13.2 Å². The number of aryl methyl sites for hydroxylation is 1. The highest BCUT2D eigenvalue weighted by Crippen LogP contribution is 2.19. The average molecular weight is 400 g/mol. The maximum Gasteiger partial charge on any atom is 0.422 e. The first kappa shape index (κ1) is 21.0. The lowest BCUT2D eigenvalue weighted by Crippen LogP contribution is -2.36. The van der Waals surface area contributed by atoms with Gasteiger partial charge in [0.15, 0.2) is 12.6 Å². The molecule has 0 saturated heterocycles. The average Bonchev–Trinajstić information content (AvgIpc) is 3.10. The lowest BCUT2D eigenvalue weighted by atomic mass is 10.2. The predicted octanol–water partition coefficient (Wildman–Crippen LogP) is 3.90. The second-order valence-corrected chi connectivity index (χ2v) is 6.87. The van der Waals surface area contributed by atoms with E-state index in [-0.39, 0.29) is 5.75 Å². The molecule has 0 spiro atoms. The Kier molecular flexibility index (Phi) is 7.90. The van der Waals surface area contributed by atoms with E-state index in [9.17, 15) is 13.2 Å². The van der Waals surface area contributed by atoms with Crippen LogP contribution in [0.3, 0.4) is 0 Å². The van der Waals surface area contributed by atoms with Crippen molar-refractivity contribution in [3.8, 4) is 5.75 Å². The molecule has 0 saturated carbocycles. The lowest BCUT2D eigenvalue weighted by molar-refractivity contribution is -0.153. The standard InChI is InChI=1S/C18H23F3N4OS/c1-3-15-10-23-16(27-15)11-25-17(22-4-2)24-9-13-5-7-14(8-6-13)26-12-18(19,20)21/h5-8,10H,3-4,9,11-12H2,1-2H3,(H2,22,24,25). The maximum atomic E-state index is 12.2. The smallest absolute Gasteiger partial charge is 0.422 e. The molecule has 0 aliphatic heterocycles. The maximum absolute atomic E-state index is 12.2. The molecule has 0 bridgehead atoms. The fourth-order valence-electron chi connectivity index (χ4n) is 2.12. The summed E-state index contributed by atoms with van der Waals surface area (Å²) >= 11 is 1.66. The first-order chi connectivity index (χ1) is 12.9. The third kappa shape index (κ3) is 7.86. The van der Waals surface area contributed by atoms with E-state index in [0.717, 1.165) is 17.0 Å². The number of hydrogen-bond acceptors (Lipinski definition) is 4. The number of guanidine groups is 1. The van der Waals surface area contributed by atoms with Gasteiger partial charge in [0, 0.05) is 17.6 Å². The summed E-state index contributed by atoms with van der Waals surface area (Å²) in [4.78, 5) is 10.1. The molecular weight excluding hydrogens is 377 g/mol. The molecule has 0 radical (unpaired) electrons. The molecule has 1 aromatic carbocycles. The van der Waals surface area contributed by atoms with E-state index in [2.05, 4.69) is 27.5 Å². The van der Waals surface area contributed by atoms with Crippen molar-refractivity contribution in [1.29, 1.82) is 0 Å². The number of aliphatic imine (C=N–C) groups is 1. The summed E-state index contributed by atoms with van der Waals surface area (Å²) in [5.74, 6) is 0.837. The second kappa shape index (κ2) is 10.1. The van der Waals surface area contributed by atoms with Crippen LogP contribution in [0.1, 0.15) is 29.3 Å². The van der Waals surface area contributed by atoms with Gasteiger partial charge in [-0.1, -0.05) is 19.1 Å². The van der Waals surface area contributed by atoms with Crippen molar-refractivity contribution in [2.75, 3.05) is 13.2 Å². The third-order valence-corrected chi connectivity index (χ3v) is 4.59. The van der Waals surface area contributed by atoms with Crippen LogP contribution in [0.15, 0.2) is 35.5 Å². The normalized spacial score (nSPS) is 12.1. The van der Waals surface area contributed by atoms with E-state index < -0.39 is 12.8 Å². The monoisotopic (exact) mass is 400 g/mol. The van der Waals surface area contributed by atoms with Gasteiger partial charge in [0.2, 0.25) is 0 Å². The molecule has 9 heteroatoms. The number of hydrogen-bond donors (Lipinski definition) is 2. The number of benzene rings is 1. The van der Waals surface area contributed by atoms with Crippen LogP contribution >= 0.6 is 11.3 Å². The van der Waals surface area contributed by atoms with Gasteiger partial charge in [0.1, 0.15) is 10.8 Å². The van der Waals surface area contributed by atoms with E-state index >= 15 is 0 Å². The van der Waals surface area contributed by atoms with Gasteiger partial charge in [0.25, 0.3) is 0 Å². The molecule has 0 unspecified atom stereocenters. The largest absolute Gasteiger partial charge is 0.484 e. The van der Waals surface area contributed by atoms with Crippen LogP contribution < -0.4 is 15.4 Å². The van der Waals surface area contributed by atoms with Crippen LogP contribution in [0.2, 0.25) is 0 Å². The topological polar surface area (TPSA) is 58.5 Å². The summed E-state index contributed by atoms with van der Waals surface area (Å²) in [5, 5.41) is 7.38. The number of halogens is 3. The van der Waals surface area contributed by atoms with Gasteiger partial charge < -0.3 is 15.4 Å².